The largest absolute Gasteiger partial charge is 0.482 e. The molecule has 3 rings (SSSR count). The zero-order chi connectivity index (χ0) is 16.4. The minimum atomic E-state index is -0.825. The summed E-state index contributed by atoms with van der Waals surface area (Å²) in [5.41, 5.74) is 7.04. The van der Waals surface area contributed by atoms with Crippen molar-refractivity contribution in [1.82, 2.24) is 0 Å². The maximum atomic E-state index is 13.0. The van der Waals surface area contributed by atoms with E-state index in [-0.39, 0.29) is 12.5 Å². The first-order valence-electron chi connectivity index (χ1n) is 6.91. The molecule has 2 aromatic rings. The summed E-state index contributed by atoms with van der Waals surface area (Å²) in [4.78, 5) is 23.1. The number of hydrogen-bond acceptors (Lipinski definition) is 4. The van der Waals surface area contributed by atoms with Crippen LogP contribution in [0.2, 0.25) is 0 Å². The quantitative estimate of drug-likeness (QED) is 0.802. The fourth-order valence-electron chi connectivity index (χ4n) is 2.31. The second-order valence-electron chi connectivity index (χ2n) is 5.08. The summed E-state index contributed by atoms with van der Waals surface area (Å²) < 4.78 is 18.3. The van der Waals surface area contributed by atoms with E-state index in [2.05, 4.69) is 10.6 Å². The van der Waals surface area contributed by atoms with Crippen molar-refractivity contribution in [2.75, 3.05) is 17.2 Å². The zero-order valence-corrected chi connectivity index (χ0v) is 12.0. The van der Waals surface area contributed by atoms with Crippen LogP contribution in [0.3, 0.4) is 0 Å². The molecule has 0 fully saturated rings. The highest BCUT2D eigenvalue weighted by Crippen LogP contribution is 2.31. The Bertz CT molecular complexity index is 762. The number of anilines is 2. The van der Waals surface area contributed by atoms with Gasteiger partial charge in [-0.05, 0) is 35.9 Å². The summed E-state index contributed by atoms with van der Waals surface area (Å²) in [5, 5.41) is 5.66. The monoisotopic (exact) mass is 315 g/mol. The third kappa shape index (κ3) is 3.23. The average Bonchev–Trinajstić information content (AvgIpc) is 2.53. The van der Waals surface area contributed by atoms with Crippen LogP contribution in [0.15, 0.2) is 42.5 Å². The number of amides is 2. The number of carbonyl (C=O) groups is 2. The van der Waals surface area contributed by atoms with Crippen molar-refractivity contribution in [2.24, 2.45) is 5.73 Å². The highest BCUT2D eigenvalue weighted by molar-refractivity contribution is 5.96. The molecule has 7 heteroatoms. The summed E-state index contributed by atoms with van der Waals surface area (Å²) in [6, 6.07) is 9.69. The van der Waals surface area contributed by atoms with E-state index in [9.17, 15) is 14.0 Å². The van der Waals surface area contributed by atoms with E-state index in [0.717, 1.165) is 0 Å². The smallest absolute Gasteiger partial charge is 0.262 e. The van der Waals surface area contributed by atoms with Gasteiger partial charge in [0.1, 0.15) is 17.6 Å². The van der Waals surface area contributed by atoms with Crippen molar-refractivity contribution in [2.45, 2.75) is 6.04 Å². The van der Waals surface area contributed by atoms with Gasteiger partial charge in [-0.25, -0.2) is 4.39 Å². The first kappa shape index (κ1) is 14.8. The van der Waals surface area contributed by atoms with E-state index in [0.29, 0.717) is 22.7 Å². The highest BCUT2D eigenvalue weighted by atomic mass is 19.1. The topological polar surface area (TPSA) is 93.5 Å². The molecule has 4 N–H and O–H groups in total. The van der Waals surface area contributed by atoms with Gasteiger partial charge in [0.15, 0.2) is 6.61 Å². The van der Waals surface area contributed by atoms with Gasteiger partial charge in [-0.1, -0.05) is 12.1 Å². The number of carbonyl (C=O) groups excluding carboxylic acids is 2. The van der Waals surface area contributed by atoms with Gasteiger partial charge in [-0.2, -0.15) is 0 Å². The van der Waals surface area contributed by atoms with Gasteiger partial charge >= 0.3 is 0 Å². The van der Waals surface area contributed by atoms with Crippen LogP contribution >= 0.6 is 0 Å². The lowest BCUT2D eigenvalue weighted by molar-refractivity contribution is -0.119. The molecule has 1 heterocycles. The molecule has 0 saturated carbocycles. The Kier molecular flexibility index (Phi) is 3.84. The molecule has 118 valence electrons. The van der Waals surface area contributed by atoms with Crippen LogP contribution in [-0.4, -0.2) is 18.4 Å². The van der Waals surface area contributed by atoms with Crippen molar-refractivity contribution in [3.05, 3.63) is 53.8 Å². The van der Waals surface area contributed by atoms with Gasteiger partial charge in [0.05, 0.1) is 5.69 Å². The number of nitrogens with two attached hydrogens (primary N) is 1. The molecule has 23 heavy (non-hydrogen) atoms. The van der Waals surface area contributed by atoms with Crippen LogP contribution < -0.4 is 21.1 Å². The number of ether oxygens (including phenoxy) is 1. The first-order valence-corrected chi connectivity index (χ1v) is 6.91. The maximum absolute atomic E-state index is 13.0. The van der Waals surface area contributed by atoms with Gasteiger partial charge in [0, 0.05) is 5.69 Å². The van der Waals surface area contributed by atoms with Gasteiger partial charge in [-0.3, -0.25) is 9.59 Å². The third-order valence-corrected chi connectivity index (χ3v) is 3.41. The average molecular weight is 315 g/mol. The normalized spacial score (nSPS) is 14.2. The van der Waals surface area contributed by atoms with E-state index in [1.54, 1.807) is 18.2 Å². The Morgan fingerprint density at radius 2 is 2.00 bits per heavy atom. The summed E-state index contributed by atoms with van der Waals surface area (Å²) in [6.45, 7) is -0.0285. The lowest BCUT2D eigenvalue weighted by atomic mass is 10.1. The van der Waals surface area contributed by atoms with Crippen molar-refractivity contribution in [3.63, 3.8) is 0 Å². The van der Waals surface area contributed by atoms with Crippen LogP contribution in [0.5, 0.6) is 5.75 Å². The Hall–Kier alpha value is -3.09. The van der Waals surface area contributed by atoms with Gasteiger partial charge < -0.3 is 21.1 Å². The van der Waals surface area contributed by atoms with Crippen molar-refractivity contribution >= 4 is 23.2 Å². The number of halogens is 1. The van der Waals surface area contributed by atoms with Crippen LogP contribution in [0.25, 0.3) is 0 Å². The van der Waals surface area contributed by atoms with E-state index in [4.69, 9.17) is 10.5 Å². The summed E-state index contributed by atoms with van der Waals surface area (Å²) in [5.74, 6) is -0.701. The molecule has 0 radical (unpaired) electrons. The number of fused-ring (bicyclic) bond motifs is 1. The van der Waals surface area contributed by atoms with Gasteiger partial charge in [-0.15, -0.1) is 0 Å². The Balaban J connectivity index is 1.86. The van der Waals surface area contributed by atoms with Gasteiger partial charge in [0.2, 0.25) is 5.91 Å². The molecule has 0 aliphatic carbocycles. The second-order valence-corrected chi connectivity index (χ2v) is 5.08. The van der Waals surface area contributed by atoms with Crippen molar-refractivity contribution in [3.8, 4) is 5.75 Å². The minimum absolute atomic E-state index is 0.0285. The summed E-state index contributed by atoms with van der Waals surface area (Å²) in [7, 11) is 0. The Morgan fingerprint density at radius 3 is 2.70 bits per heavy atom. The predicted octanol–water partition coefficient (Wildman–Crippen LogP) is 1.80. The second kappa shape index (κ2) is 5.96. The minimum Gasteiger partial charge on any atom is -0.482 e. The first-order chi connectivity index (χ1) is 11.0. The SMILES string of the molecule is NC(=O)C(Nc1ccc2c(c1)NC(=O)CO2)c1ccc(F)cc1. The molecule has 0 bridgehead atoms. The Labute approximate surface area is 131 Å². The predicted molar refractivity (Wildman–Crippen MR) is 82.5 cm³/mol. The van der Waals surface area contributed by atoms with E-state index >= 15 is 0 Å². The molecule has 1 unspecified atom stereocenters. The number of nitrogens with one attached hydrogen (secondary N) is 2. The Morgan fingerprint density at radius 1 is 1.26 bits per heavy atom. The molecule has 1 aliphatic heterocycles. The fraction of sp³-hybridized carbons (Fsp3) is 0.125. The van der Waals surface area contributed by atoms with Crippen LogP contribution in [0, 0.1) is 5.82 Å². The van der Waals surface area contributed by atoms with Crippen LogP contribution in [0.1, 0.15) is 11.6 Å². The lowest BCUT2D eigenvalue weighted by Crippen LogP contribution is -2.28. The number of benzene rings is 2. The van der Waals surface area contributed by atoms with Crippen molar-refractivity contribution in [1.29, 1.82) is 0 Å². The molecule has 6 nitrogen and oxygen atoms in total. The van der Waals surface area contributed by atoms with E-state index < -0.39 is 17.8 Å². The molecule has 0 saturated heterocycles. The molecule has 1 atom stereocenters. The molecule has 0 aromatic heterocycles. The van der Waals surface area contributed by atoms with Crippen LogP contribution in [0.4, 0.5) is 15.8 Å². The lowest BCUT2D eigenvalue weighted by Gasteiger charge is -2.21. The molecular formula is C16H14FN3O3. The van der Waals surface area contributed by atoms with E-state index in [1.165, 1.54) is 24.3 Å². The molecule has 1 aliphatic rings. The van der Waals surface area contributed by atoms with Crippen LogP contribution in [-0.2, 0) is 9.59 Å². The third-order valence-electron chi connectivity index (χ3n) is 3.41. The summed E-state index contributed by atoms with van der Waals surface area (Å²) in [6.07, 6.45) is 0. The highest BCUT2D eigenvalue weighted by Gasteiger charge is 2.20. The molecule has 2 amide bonds. The summed E-state index contributed by atoms with van der Waals surface area (Å²) >= 11 is 0. The number of rotatable bonds is 4. The zero-order valence-electron chi connectivity index (χ0n) is 12.0. The molecule has 2 aromatic carbocycles. The fourth-order valence-corrected chi connectivity index (χ4v) is 2.31. The maximum Gasteiger partial charge on any atom is 0.262 e. The van der Waals surface area contributed by atoms with E-state index in [1.807, 2.05) is 0 Å². The number of hydrogen-bond donors (Lipinski definition) is 3. The van der Waals surface area contributed by atoms with Crippen molar-refractivity contribution < 1.29 is 18.7 Å². The molecular weight excluding hydrogens is 301 g/mol. The standard InChI is InChI=1S/C16H14FN3O3/c17-10-3-1-9(2-4-10)15(16(18)22)19-11-5-6-13-12(7-11)20-14(21)8-23-13/h1-7,15,19H,8H2,(H2,18,22)(H,20,21). The van der Waals surface area contributed by atoms with Gasteiger partial charge in [0.25, 0.3) is 5.91 Å². The molecule has 0 spiro atoms. The number of primary amides is 1.